The molecule has 1 nitrogen and oxygen atoms in total. The van der Waals surface area contributed by atoms with Gasteiger partial charge in [-0.25, -0.2) is 4.39 Å². The van der Waals surface area contributed by atoms with Gasteiger partial charge in [0.2, 0.25) is 0 Å². The van der Waals surface area contributed by atoms with E-state index in [0.717, 1.165) is 17.7 Å². The van der Waals surface area contributed by atoms with Crippen molar-refractivity contribution >= 4 is 0 Å². The van der Waals surface area contributed by atoms with Crippen LogP contribution in [0.3, 0.4) is 0 Å². The lowest BCUT2D eigenvalue weighted by molar-refractivity contribution is 0.406. The first kappa shape index (κ1) is 12.6. The molecule has 0 saturated heterocycles. The van der Waals surface area contributed by atoms with E-state index in [2.05, 4.69) is 11.8 Å². The maximum absolute atomic E-state index is 13.1. The topological polar surface area (TPSA) is 9.23 Å². The highest BCUT2D eigenvalue weighted by Crippen LogP contribution is 2.22. The first-order chi connectivity index (χ1) is 7.67. The van der Waals surface area contributed by atoms with Gasteiger partial charge in [0, 0.05) is 12.3 Å². The van der Waals surface area contributed by atoms with Crippen LogP contribution >= 0.6 is 0 Å². The zero-order valence-electron chi connectivity index (χ0n) is 10.0. The van der Waals surface area contributed by atoms with Crippen molar-refractivity contribution in [2.75, 3.05) is 7.11 Å². The Hall–Kier alpha value is -1.49. The van der Waals surface area contributed by atoms with Gasteiger partial charge >= 0.3 is 0 Å². The zero-order valence-corrected chi connectivity index (χ0v) is 10.0. The summed E-state index contributed by atoms with van der Waals surface area (Å²) in [7, 11) is 1.60. The lowest BCUT2D eigenvalue weighted by Gasteiger charge is -2.10. The Kier molecular flexibility index (Phi) is 4.85. The molecule has 0 aliphatic rings. The largest absolute Gasteiger partial charge is 0.496 e. The number of benzene rings is 1. The van der Waals surface area contributed by atoms with Gasteiger partial charge in [0.05, 0.1) is 7.11 Å². The van der Waals surface area contributed by atoms with Crippen LogP contribution in [0.5, 0.6) is 5.75 Å². The molecule has 1 aromatic rings. The van der Waals surface area contributed by atoms with Gasteiger partial charge in [-0.05, 0) is 30.2 Å². The summed E-state index contributed by atoms with van der Waals surface area (Å²) >= 11 is 0. The van der Waals surface area contributed by atoms with Crippen molar-refractivity contribution in [3.05, 3.63) is 29.6 Å². The Morgan fingerprint density at radius 1 is 1.44 bits per heavy atom. The fourth-order valence-corrected chi connectivity index (χ4v) is 1.56. The van der Waals surface area contributed by atoms with E-state index in [1.54, 1.807) is 13.2 Å². The first-order valence-corrected chi connectivity index (χ1v) is 5.48. The number of methoxy groups -OCH3 is 1. The fourth-order valence-electron chi connectivity index (χ4n) is 1.56. The molecular weight excluding hydrogens is 203 g/mol. The Morgan fingerprint density at radius 2 is 2.19 bits per heavy atom. The summed E-state index contributed by atoms with van der Waals surface area (Å²) < 4.78 is 18.3. The highest BCUT2D eigenvalue weighted by atomic mass is 19.1. The third-order valence-corrected chi connectivity index (χ3v) is 2.29. The molecule has 0 fully saturated rings. The van der Waals surface area contributed by atoms with Crippen LogP contribution in [0.4, 0.5) is 4.39 Å². The summed E-state index contributed by atoms with van der Waals surface area (Å²) in [6.45, 7) is 4.05. The maximum atomic E-state index is 13.1. The second-order valence-electron chi connectivity index (χ2n) is 3.74. The number of hydrogen-bond donors (Lipinski definition) is 0. The third kappa shape index (κ3) is 3.58. The molecule has 0 aliphatic carbocycles. The van der Waals surface area contributed by atoms with Crippen LogP contribution in [-0.2, 0) is 6.42 Å². The van der Waals surface area contributed by atoms with Crippen LogP contribution < -0.4 is 4.74 Å². The van der Waals surface area contributed by atoms with Crippen LogP contribution in [0.1, 0.15) is 25.8 Å². The molecule has 0 aliphatic heterocycles. The minimum atomic E-state index is -0.230. The fraction of sp³-hybridized carbons (Fsp3) is 0.429. The van der Waals surface area contributed by atoms with Gasteiger partial charge in [-0.2, -0.15) is 0 Å². The van der Waals surface area contributed by atoms with E-state index in [0.29, 0.717) is 6.42 Å². The number of rotatable bonds is 3. The van der Waals surface area contributed by atoms with Crippen molar-refractivity contribution in [3.8, 4) is 17.6 Å². The summed E-state index contributed by atoms with van der Waals surface area (Å²) in [6.07, 6.45) is 1.57. The summed E-state index contributed by atoms with van der Waals surface area (Å²) in [6, 6.07) is 4.58. The molecule has 1 aromatic carbocycles. The first-order valence-electron chi connectivity index (χ1n) is 5.48. The number of halogens is 1. The molecule has 1 rings (SSSR count). The molecule has 0 saturated carbocycles. The van der Waals surface area contributed by atoms with Crippen LogP contribution in [0.25, 0.3) is 0 Å². The Labute approximate surface area is 96.6 Å². The van der Waals surface area contributed by atoms with Crippen molar-refractivity contribution in [1.82, 2.24) is 0 Å². The number of ether oxygens (including phenoxy) is 1. The predicted octanol–water partition coefficient (Wildman–Crippen LogP) is 3.43. The van der Waals surface area contributed by atoms with E-state index in [4.69, 9.17) is 4.74 Å². The zero-order chi connectivity index (χ0) is 12.0. The summed E-state index contributed by atoms with van der Waals surface area (Å²) in [4.78, 5) is 0. The second kappa shape index (κ2) is 6.17. The van der Waals surface area contributed by atoms with Crippen molar-refractivity contribution in [3.63, 3.8) is 0 Å². The van der Waals surface area contributed by atoms with Gasteiger partial charge in [0.1, 0.15) is 11.6 Å². The molecule has 0 aromatic heterocycles. The van der Waals surface area contributed by atoms with Crippen LogP contribution in [-0.4, -0.2) is 7.11 Å². The average Bonchev–Trinajstić information content (AvgIpc) is 2.27. The van der Waals surface area contributed by atoms with E-state index < -0.39 is 0 Å². The van der Waals surface area contributed by atoms with E-state index in [-0.39, 0.29) is 11.7 Å². The minimum absolute atomic E-state index is 0.218. The monoisotopic (exact) mass is 220 g/mol. The van der Waals surface area contributed by atoms with Crippen LogP contribution in [0.2, 0.25) is 0 Å². The molecule has 0 bridgehead atoms. The highest BCUT2D eigenvalue weighted by molar-refractivity contribution is 5.34. The van der Waals surface area contributed by atoms with Gasteiger partial charge in [-0.1, -0.05) is 19.8 Å². The molecule has 86 valence electrons. The molecule has 0 N–H and O–H groups in total. The molecule has 16 heavy (non-hydrogen) atoms. The molecule has 2 heteroatoms. The normalized spacial score (nSPS) is 11.5. The average molecular weight is 220 g/mol. The minimum Gasteiger partial charge on any atom is -0.496 e. The summed E-state index contributed by atoms with van der Waals surface area (Å²) in [5.74, 6) is 6.88. The molecule has 0 amide bonds. The predicted molar refractivity (Wildman–Crippen MR) is 63.9 cm³/mol. The number of hydrogen-bond acceptors (Lipinski definition) is 1. The van der Waals surface area contributed by atoms with Crippen molar-refractivity contribution < 1.29 is 9.13 Å². The van der Waals surface area contributed by atoms with Crippen LogP contribution in [0.15, 0.2) is 18.2 Å². The van der Waals surface area contributed by atoms with Crippen molar-refractivity contribution in [2.45, 2.75) is 26.7 Å². The highest BCUT2D eigenvalue weighted by Gasteiger charge is 2.07. The lowest BCUT2D eigenvalue weighted by atomic mass is 10.0. The van der Waals surface area contributed by atoms with E-state index in [1.165, 1.54) is 12.1 Å². The van der Waals surface area contributed by atoms with Gasteiger partial charge < -0.3 is 4.74 Å². The molecule has 0 spiro atoms. The Bertz CT molecular complexity index is 401. The van der Waals surface area contributed by atoms with E-state index >= 15 is 0 Å². The van der Waals surface area contributed by atoms with Crippen molar-refractivity contribution in [2.24, 2.45) is 5.92 Å². The van der Waals surface area contributed by atoms with Crippen LogP contribution in [0, 0.1) is 23.6 Å². The molecule has 0 heterocycles. The van der Waals surface area contributed by atoms with Gasteiger partial charge in [-0.15, -0.1) is 5.92 Å². The quantitative estimate of drug-likeness (QED) is 0.709. The van der Waals surface area contributed by atoms with Gasteiger partial charge in [0.15, 0.2) is 0 Å². The standard InChI is InChI=1S/C14H17FO/c1-4-5-6-11(2)9-12-10-13(15)7-8-14(12)16-3/h7-8,10-11H,4,9H2,1-3H3. The van der Waals surface area contributed by atoms with E-state index in [9.17, 15) is 4.39 Å². The Balaban J connectivity index is 2.82. The summed E-state index contributed by atoms with van der Waals surface area (Å²) in [5.41, 5.74) is 0.875. The van der Waals surface area contributed by atoms with Gasteiger partial charge in [-0.3, -0.25) is 0 Å². The Morgan fingerprint density at radius 3 is 2.81 bits per heavy atom. The molecular formula is C14H17FO. The maximum Gasteiger partial charge on any atom is 0.123 e. The molecule has 0 radical (unpaired) electrons. The van der Waals surface area contributed by atoms with Crippen molar-refractivity contribution in [1.29, 1.82) is 0 Å². The lowest BCUT2D eigenvalue weighted by Crippen LogP contribution is -2.00. The summed E-state index contributed by atoms with van der Waals surface area (Å²) in [5, 5.41) is 0. The second-order valence-corrected chi connectivity index (χ2v) is 3.74. The molecule has 1 atom stereocenters. The van der Waals surface area contributed by atoms with Gasteiger partial charge in [0.25, 0.3) is 0 Å². The molecule has 1 unspecified atom stereocenters. The third-order valence-electron chi connectivity index (χ3n) is 2.29. The van der Waals surface area contributed by atoms with E-state index in [1.807, 2.05) is 13.8 Å². The SMILES string of the molecule is CCC#CC(C)Cc1cc(F)ccc1OC. The smallest absolute Gasteiger partial charge is 0.123 e.